The molecule has 0 bridgehead atoms. The maximum atomic E-state index is 12.0. The van der Waals surface area contributed by atoms with Crippen LogP contribution in [0.25, 0.3) is 6.08 Å². The van der Waals surface area contributed by atoms with Crippen molar-refractivity contribution in [2.45, 2.75) is 13.5 Å². The predicted molar refractivity (Wildman–Crippen MR) is 85.6 cm³/mol. The zero-order valence-electron chi connectivity index (χ0n) is 12.5. The van der Waals surface area contributed by atoms with E-state index in [1.54, 1.807) is 25.4 Å². The van der Waals surface area contributed by atoms with Crippen molar-refractivity contribution in [3.8, 4) is 5.75 Å². The van der Waals surface area contributed by atoms with Crippen molar-refractivity contribution in [1.29, 1.82) is 0 Å². The summed E-state index contributed by atoms with van der Waals surface area (Å²) >= 11 is 0. The van der Waals surface area contributed by atoms with Crippen LogP contribution in [0.3, 0.4) is 0 Å². The van der Waals surface area contributed by atoms with Crippen LogP contribution in [0.4, 0.5) is 5.69 Å². The molecule has 22 heavy (non-hydrogen) atoms. The highest BCUT2D eigenvalue weighted by Gasteiger charge is 2.05. The van der Waals surface area contributed by atoms with Crippen LogP contribution in [0, 0.1) is 6.92 Å². The first kappa shape index (κ1) is 15.7. The number of carbonyl (C=O) groups excluding carboxylic acids is 1. The third-order valence-electron chi connectivity index (χ3n) is 3.14. The fourth-order valence-corrected chi connectivity index (χ4v) is 2.00. The van der Waals surface area contributed by atoms with Crippen molar-refractivity contribution in [2.75, 3.05) is 12.4 Å². The molecular formula is C17H18N2O3. The number of methoxy groups -OCH3 is 1. The zero-order chi connectivity index (χ0) is 15.9. The summed E-state index contributed by atoms with van der Waals surface area (Å²) in [6.45, 7) is 1.81. The molecule has 0 fully saturated rings. The molecule has 0 unspecified atom stereocenters. The number of aryl methyl sites for hydroxylation is 1. The number of benzene rings is 1. The molecule has 114 valence electrons. The second-order valence-electron chi connectivity index (χ2n) is 4.76. The van der Waals surface area contributed by atoms with Gasteiger partial charge in [0, 0.05) is 23.4 Å². The first-order valence-corrected chi connectivity index (χ1v) is 6.81. The lowest BCUT2D eigenvalue weighted by Gasteiger charge is -2.07. The summed E-state index contributed by atoms with van der Waals surface area (Å²) in [6, 6.07) is 7.39. The number of carbonyl (C=O) groups is 1. The van der Waals surface area contributed by atoms with E-state index in [1.807, 2.05) is 25.1 Å². The number of aliphatic hydroxyl groups is 1. The number of hydrogen-bond donors (Lipinski definition) is 2. The van der Waals surface area contributed by atoms with Gasteiger partial charge in [0.15, 0.2) is 0 Å². The van der Waals surface area contributed by atoms with Crippen LogP contribution in [0.15, 0.2) is 42.7 Å². The van der Waals surface area contributed by atoms with Crippen LogP contribution >= 0.6 is 0 Å². The summed E-state index contributed by atoms with van der Waals surface area (Å²) in [6.07, 6.45) is 6.18. The van der Waals surface area contributed by atoms with Gasteiger partial charge in [0.25, 0.3) is 0 Å². The SMILES string of the molecule is COc1ccc(C)cc1/C=C/C(=O)Nc1cnccc1CO. The Morgan fingerprint density at radius 3 is 2.95 bits per heavy atom. The first-order chi connectivity index (χ1) is 10.6. The fourth-order valence-electron chi connectivity index (χ4n) is 2.00. The Hall–Kier alpha value is -2.66. The molecule has 0 saturated heterocycles. The van der Waals surface area contributed by atoms with E-state index in [4.69, 9.17) is 4.74 Å². The van der Waals surface area contributed by atoms with E-state index >= 15 is 0 Å². The molecule has 2 rings (SSSR count). The number of aromatic nitrogens is 1. The van der Waals surface area contributed by atoms with Gasteiger partial charge in [-0.15, -0.1) is 0 Å². The molecule has 0 aliphatic rings. The van der Waals surface area contributed by atoms with Crippen molar-refractivity contribution in [1.82, 2.24) is 4.98 Å². The van der Waals surface area contributed by atoms with Gasteiger partial charge < -0.3 is 15.2 Å². The molecule has 0 spiro atoms. The molecule has 2 aromatic rings. The lowest BCUT2D eigenvalue weighted by molar-refractivity contribution is -0.111. The summed E-state index contributed by atoms with van der Waals surface area (Å²) in [7, 11) is 1.59. The number of rotatable bonds is 5. The smallest absolute Gasteiger partial charge is 0.248 e. The van der Waals surface area contributed by atoms with Crippen LogP contribution in [-0.2, 0) is 11.4 Å². The Bertz CT molecular complexity index is 696. The molecule has 1 aromatic carbocycles. The minimum Gasteiger partial charge on any atom is -0.496 e. The van der Waals surface area contributed by atoms with E-state index in [0.717, 1.165) is 11.1 Å². The first-order valence-electron chi connectivity index (χ1n) is 6.81. The molecule has 0 saturated carbocycles. The lowest BCUT2D eigenvalue weighted by Crippen LogP contribution is -2.10. The van der Waals surface area contributed by atoms with Gasteiger partial charge in [-0.05, 0) is 31.2 Å². The molecule has 0 aliphatic carbocycles. The Labute approximate surface area is 129 Å². The van der Waals surface area contributed by atoms with Gasteiger partial charge in [0.05, 0.1) is 25.6 Å². The number of ether oxygens (including phenoxy) is 1. The van der Waals surface area contributed by atoms with Crippen molar-refractivity contribution in [3.63, 3.8) is 0 Å². The quantitative estimate of drug-likeness (QED) is 0.832. The van der Waals surface area contributed by atoms with Gasteiger partial charge in [0.2, 0.25) is 5.91 Å². The second kappa shape index (κ2) is 7.38. The van der Waals surface area contributed by atoms with E-state index in [2.05, 4.69) is 10.3 Å². The van der Waals surface area contributed by atoms with Crippen LogP contribution in [0.1, 0.15) is 16.7 Å². The van der Waals surface area contributed by atoms with Crippen LogP contribution in [-0.4, -0.2) is 23.1 Å². The molecule has 0 radical (unpaired) electrons. The Morgan fingerprint density at radius 1 is 1.41 bits per heavy atom. The highest BCUT2D eigenvalue weighted by atomic mass is 16.5. The Morgan fingerprint density at radius 2 is 2.23 bits per heavy atom. The van der Waals surface area contributed by atoms with Gasteiger partial charge >= 0.3 is 0 Å². The number of anilines is 1. The summed E-state index contributed by atoms with van der Waals surface area (Å²) in [5.74, 6) is 0.401. The Kier molecular flexibility index (Phi) is 5.27. The van der Waals surface area contributed by atoms with Crippen molar-refractivity contribution in [2.24, 2.45) is 0 Å². The highest BCUT2D eigenvalue weighted by molar-refractivity contribution is 6.02. The molecule has 5 nitrogen and oxygen atoms in total. The van der Waals surface area contributed by atoms with Gasteiger partial charge in [-0.25, -0.2) is 0 Å². The molecule has 1 heterocycles. The zero-order valence-corrected chi connectivity index (χ0v) is 12.5. The number of pyridine rings is 1. The third-order valence-corrected chi connectivity index (χ3v) is 3.14. The summed E-state index contributed by atoms with van der Waals surface area (Å²) in [4.78, 5) is 15.9. The number of hydrogen-bond acceptors (Lipinski definition) is 4. The summed E-state index contributed by atoms with van der Waals surface area (Å²) in [5.41, 5.74) is 3.02. The predicted octanol–water partition coefficient (Wildman–Crippen LogP) is 2.54. The van der Waals surface area contributed by atoms with Crippen LogP contribution in [0.5, 0.6) is 5.75 Å². The average Bonchev–Trinajstić information content (AvgIpc) is 2.53. The fraction of sp³-hybridized carbons (Fsp3) is 0.176. The van der Waals surface area contributed by atoms with Crippen LogP contribution in [0.2, 0.25) is 0 Å². The number of nitrogens with zero attached hydrogens (tertiary/aromatic N) is 1. The normalized spacial score (nSPS) is 10.7. The minimum absolute atomic E-state index is 0.159. The largest absolute Gasteiger partial charge is 0.496 e. The molecule has 5 heteroatoms. The standard InChI is InChI=1S/C17H18N2O3/c1-12-3-5-16(22-2)13(9-12)4-6-17(21)19-15-10-18-8-7-14(15)11-20/h3-10,20H,11H2,1-2H3,(H,19,21)/b6-4+. The van der Waals surface area contributed by atoms with Gasteiger partial charge in [-0.3, -0.25) is 9.78 Å². The number of amides is 1. The molecule has 1 aromatic heterocycles. The van der Waals surface area contributed by atoms with E-state index in [-0.39, 0.29) is 12.5 Å². The van der Waals surface area contributed by atoms with E-state index in [1.165, 1.54) is 12.3 Å². The summed E-state index contributed by atoms with van der Waals surface area (Å²) in [5, 5.41) is 11.9. The van der Waals surface area contributed by atoms with E-state index < -0.39 is 0 Å². The van der Waals surface area contributed by atoms with Crippen LogP contribution < -0.4 is 10.1 Å². The monoisotopic (exact) mass is 298 g/mol. The van der Waals surface area contributed by atoms with Gasteiger partial charge in [0.1, 0.15) is 5.75 Å². The molecule has 1 amide bonds. The molecule has 0 atom stereocenters. The lowest BCUT2D eigenvalue weighted by atomic mass is 10.1. The second-order valence-corrected chi connectivity index (χ2v) is 4.76. The number of nitrogens with one attached hydrogen (secondary N) is 1. The molecular weight excluding hydrogens is 280 g/mol. The summed E-state index contributed by atoms with van der Waals surface area (Å²) < 4.78 is 5.26. The van der Waals surface area contributed by atoms with Crippen molar-refractivity contribution < 1.29 is 14.6 Å². The van der Waals surface area contributed by atoms with Gasteiger partial charge in [-0.1, -0.05) is 11.6 Å². The third kappa shape index (κ3) is 3.93. The minimum atomic E-state index is -0.300. The van der Waals surface area contributed by atoms with E-state index in [0.29, 0.717) is 17.0 Å². The molecule has 0 aliphatic heterocycles. The van der Waals surface area contributed by atoms with Gasteiger partial charge in [-0.2, -0.15) is 0 Å². The van der Waals surface area contributed by atoms with Crippen molar-refractivity contribution in [3.05, 3.63) is 59.4 Å². The topological polar surface area (TPSA) is 71.5 Å². The number of aliphatic hydroxyl groups excluding tert-OH is 1. The highest BCUT2D eigenvalue weighted by Crippen LogP contribution is 2.21. The Balaban J connectivity index is 2.13. The van der Waals surface area contributed by atoms with E-state index in [9.17, 15) is 9.90 Å². The maximum Gasteiger partial charge on any atom is 0.248 e. The maximum absolute atomic E-state index is 12.0. The average molecular weight is 298 g/mol. The van der Waals surface area contributed by atoms with Crippen molar-refractivity contribution >= 4 is 17.7 Å². The molecule has 2 N–H and O–H groups in total.